The van der Waals surface area contributed by atoms with Crippen LogP contribution in [0.25, 0.3) is 0 Å². The number of carbonyl (C=O) groups excluding carboxylic acids is 1. The Bertz CT molecular complexity index is 409. The smallest absolute Gasteiger partial charge is 0.239 e. The van der Waals surface area contributed by atoms with Gasteiger partial charge in [0.25, 0.3) is 0 Å². The zero-order valence-electron chi connectivity index (χ0n) is 9.87. The van der Waals surface area contributed by atoms with Crippen molar-refractivity contribution in [3.05, 3.63) is 12.1 Å². The van der Waals surface area contributed by atoms with E-state index in [1.807, 2.05) is 0 Å². The van der Waals surface area contributed by atoms with E-state index in [-0.39, 0.29) is 11.8 Å². The Labute approximate surface area is 105 Å². The lowest BCUT2D eigenvalue weighted by Gasteiger charge is -2.15. The third-order valence-corrected chi connectivity index (χ3v) is 2.34. The molecule has 0 aliphatic rings. The van der Waals surface area contributed by atoms with Gasteiger partial charge in [-0.15, -0.1) is 11.6 Å². The Morgan fingerprint density at radius 2 is 1.82 bits per heavy atom. The number of halogens is 1. The summed E-state index contributed by atoms with van der Waals surface area (Å²) in [5.74, 6) is 0.885. The molecule has 1 aromatic carbocycles. The summed E-state index contributed by atoms with van der Waals surface area (Å²) in [4.78, 5) is 11.2. The molecule has 0 spiro atoms. The molecule has 1 N–H and O–H groups in total. The topological polar surface area (TPSA) is 56.8 Å². The van der Waals surface area contributed by atoms with Gasteiger partial charge in [0, 0.05) is 0 Å². The van der Waals surface area contributed by atoms with E-state index >= 15 is 0 Å². The summed E-state index contributed by atoms with van der Waals surface area (Å²) in [6, 6.07) is 3.33. The van der Waals surface area contributed by atoms with E-state index in [9.17, 15) is 4.79 Å². The Morgan fingerprint density at radius 1 is 1.18 bits per heavy atom. The predicted octanol–water partition coefficient (Wildman–Crippen LogP) is 1.89. The summed E-state index contributed by atoms with van der Waals surface area (Å²) in [6.07, 6.45) is 0. The second-order valence-electron chi connectivity index (χ2n) is 3.06. The minimum Gasteiger partial charge on any atom is -0.493 e. The fraction of sp³-hybridized carbons (Fsp3) is 0.364. The Balaban J connectivity index is 3.18. The van der Waals surface area contributed by atoms with E-state index in [1.165, 1.54) is 21.3 Å². The van der Waals surface area contributed by atoms with Crippen molar-refractivity contribution in [2.75, 3.05) is 32.5 Å². The van der Waals surface area contributed by atoms with Crippen molar-refractivity contribution in [1.82, 2.24) is 0 Å². The molecule has 0 fully saturated rings. The van der Waals surface area contributed by atoms with E-state index in [4.69, 9.17) is 25.8 Å². The molecule has 6 heteroatoms. The highest BCUT2D eigenvalue weighted by Crippen LogP contribution is 2.42. The first-order chi connectivity index (χ1) is 8.17. The molecule has 0 aliphatic heterocycles. The predicted molar refractivity (Wildman–Crippen MR) is 65.4 cm³/mol. The van der Waals surface area contributed by atoms with Gasteiger partial charge in [0.2, 0.25) is 11.7 Å². The van der Waals surface area contributed by atoms with E-state index in [2.05, 4.69) is 5.32 Å². The molecule has 0 saturated carbocycles. The lowest BCUT2D eigenvalue weighted by Crippen LogP contribution is -2.13. The van der Waals surface area contributed by atoms with Crippen molar-refractivity contribution in [2.45, 2.75) is 0 Å². The normalized spacial score (nSPS) is 9.65. The van der Waals surface area contributed by atoms with Crippen molar-refractivity contribution in [3.8, 4) is 17.2 Å². The Morgan fingerprint density at radius 3 is 2.29 bits per heavy atom. The van der Waals surface area contributed by atoms with Crippen LogP contribution in [-0.2, 0) is 4.79 Å². The van der Waals surface area contributed by atoms with E-state index in [0.717, 1.165) is 0 Å². The van der Waals surface area contributed by atoms with Crippen molar-refractivity contribution < 1.29 is 19.0 Å². The standard InChI is InChI=1S/C11H14ClNO4/c1-15-8-5-4-7(13-9(14)6-12)10(16-2)11(8)17-3/h4-5H,6H2,1-3H3,(H,13,14). The molecule has 0 saturated heterocycles. The lowest BCUT2D eigenvalue weighted by molar-refractivity contribution is -0.113. The average Bonchev–Trinajstić information content (AvgIpc) is 2.37. The molecule has 0 atom stereocenters. The van der Waals surface area contributed by atoms with Gasteiger partial charge in [-0.2, -0.15) is 0 Å². The SMILES string of the molecule is COc1ccc(NC(=O)CCl)c(OC)c1OC. The summed E-state index contributed by atoms with van der Waals surface area (Å²) in [5.41, 5.74) is 0.482. The maximum absolute atomic E-state index is 11.2. The number of hydrogen-bond acceptors (Lipinski definition) is 4. The summed E-state index contributed by atoms with van der Waals surface area (Å²) in [5, 5.41) is 2.61. The molecular weight excluding hydrogens is 246 g/mol. The first-order valence-corrected chi connectivity index (χ1v) is 5.36. The number of hydrogen-bond donors (Lipinski definition) is 1. The molecule has 17 heavy (non-hydrogen) atoms. The number of carbonyl (C=O) groups is 1. The van der Waals surface area contributed by atoms with Crippen molar-refractivity contribution in [1.29, 1.82) is 0 Å². The monoisotopic (exact) mass is 259 g/mol. The first-order valence-electron chi connectivity index (χ1n) is 4.82. The molecule has 5 nitrogen and oxygen atoms in total. The first kappa shape index (κ1) is 13.4. The van der Waals surface area contributed by atoms with Gasteiger partial charge in [-0.1, -0.05) is 0 Å². The molecule has 0 aliphatic carbocycles. The summed E-state index contributed by atoms with van der Waals surface area (Å²) in [7, 11) is 4.50. The summed E-state index contributed by atoms with van der Waals surface area (Å²) in [6.45, 7) is 0. The number of nitrogens with one attached hydrogen (secondary N) is 1. The van der Waals surface area contributed by atoms with Crippen molar-refractivity contribution in [2.24, 2.45) is 0 Å². The number of alkyl halides is 1. The van der Waals surface area contributed by atoms with Gasteiger partial charge in [0.05, 0.1) is 27.0 Å². The molecular formula is C11H14ClNO4. The third kappa shape index (κ3) is 2.94. The van der Waals surface area contributed by atoms with Crippen molar-refractivity contribution in [3.63, 3.8) is 0 Å². The minimum atomic E-state index is -0.322. The maximum atomic E-state index is 11.2. The molecule has 1 rings (SSSR count). The zero-order chi connectivity index (χ0) is 12.8. The quantitative estimate of drug-likeness (QED) is 0.821. The highest BCUT2D eigenvalue weighted by atomic mass is 35.5. The van der Waals surface area contributed by atoms with Gasteiger partial charge < -0.3 is 19.5 Å². The van der Waals surface area contributed by atoms with E-state index < -0.39 is 0 Å². The second-order valence-corrected chi connectivity index (χ2v) is 3.33. The van der Waals surface area contributed by atoms with Crippen LogP contribution in [0.2, 0.25) is 0 Å². The molecule has 0 aromatic heterocycles. The Hall–Kier alpha value is -1.62. The fourth-order valence-electron chi connectivity index (χ4n) is 1.38. The van der Waals surface area contributed by atoms with Gasteiger partial charge in [0.1, 0.15) is 5.88 Å². The van der Waals surface area contributed by atoms with Gasteiger partial charge >= 0.3 is 0 Å². The Kier molecular flexibility index (Phi) is 4.90. The molecule has 0 bridgehead atoms. The van der Waals surface area contributed by atoms with Crippen LogP contribution < -0.4 is 19.5 Å². The average molecular weight is 260 g/mol. The molecule has 94 valence electrons. The van der Waals surface area contributed by atoms with Crippen LogP contribution in [0.1, 0.15) is 0 Å². The number of benzene rings is 1. The van der Waals surface area contributed by atoms with E-state index in [0.29, 0.717) is 22.9 Å². The number of amides is 1. The maximum Gasteiger partial charge on any atom is 0.239 e. The fourth-order valence-corrected chi connectivity index (χ4v) is 1.45. The van der Waals surface area contributed by atoms with E-state index in [1.54, 1.807) is 12.1 Å². The summed E-state index contributed by atoms with van der Waals surface area (Å²) < 4.78 is 15.5. The van der Waals surface area contributed by atoms with Crippen molar-refractivity contribution >= 4 is 23.2 Å². The van der Waals surface area contributed by atoms with Crippen LogP contribution in [-0.4, -0.2) is 33.1 Å². The zero-order valence-corrected chi connectivity index (χ0v) is 10.6. The molecule has 1 amide bonds. The van der Waals surface area contributed by atoms with Crippen LogP contribution in [0.15, 0.2) is 12.1 Å². The van der Waals surface area contributed by atoms with Crippen LogP contribution in [0.3, 0.4) is 0 Å². The van der Waals surface area contributed by atoms with Crippen LogP contribution in [0.5, 0.6) is 17.2 Å². The van der Waals surface area contributed by atoms with Crippen LogP contribution >= 0.6 is 11.6 Å². The largest absolute Gasteiger partial charge is 0.493 e. The van der Waals surface area contributed by atoms with Gasteiger partial charge in [0.15, 0.2) is 11.5 Å². The number of methoxy groups -OCH3 is 3. The highest BCUT2D eigenvalue weighted by molar-refractivity contribution is 6.29. The van der Waals surface area contributed by atoms with Gasteiger partial charge in [-0.05, 0) is 12.1 Å². The highest BCUT2D eigenvalue weighted by Gasteiger charge is 2.16. The molecule has 0 radical (unpaired) electrons. The summed E-state index contributed by atoms with van der Waals surface area (Å²) >= 11 is 5.42. The molecule has 1 aromatic rings. The number of ether oxygens (including phenoxy) is 3. The minimum absolute atomic E-state index is 0.127. The molecule has 0 unspecified atom stereocenters. The van der Waals surface area contributed by atoms with Crippen LogP contribution in [0.4, 0.5) is 5.69 Å². The van der Waals surface area contributed by atoms with Gasteiger partial charge in [-0.3, -0.25) is 4.79 Å². The lowest BCUT2D eigenvalue weighted by atomic mass is 10.2. The van der Waals surface area contributed by atoms with Crippen LogP contribution in [0, 0.1) is 0 Å². The number of anilines is 1. The molecule has 0 heterocycles. The second kappa shape index (κ2) is 6.20. The third-order valence-electron chi connectivity index (χ3n) is 2.10. The van der Waals surface area contributed by atoms with Gasteiger partial charge in [-0.25, -0.2) is 0 Å². The number of rotatable bonds is 5.